The van der Waals surface area contributed by atoms with E-state index in [-0.39, 0.29) is 65.6 Å². The second kappa shape index (κ2) is 18.4. The highest BCUT2D eigenvalue weighted by molar-refractivity contribution is 6.72. The quantitative estimate of drug-likeness (QED) is 0.220. The topological polar surface area (TPSA) is 38.7 Å². The molecule has 0 saturated carbocycles. The van der Waals surface area contributed by atoms with Crippen LogP contribution >= 0.6 is 0 Å². The Morgan fingerprint density at radius 3 is 1.31 bits per heavy atom. The van der Waals surface area contributed by atoms with Gasteiger partial charge in [0.15, 0.2) is 17.5 Å². The normalized spacial score (nSPS) is 11.4. The van der Waals surface area contributed by atoms with Crippen LogP contribution in [0.25, 0.3) is 111 Å². The molecule has 0 unspecified atom stereocenters. The van der Waals surface area contributed by atoms with Crippen LogP contribution < -0.4 is 65.6 Å². The third-order valence-electron chi connectivity index (χ3n) is 13.6. The van der Waals surface area contributed by atoms with E-state index in [2.05, 4.69) is 42.5 Å². The Labute approximate surface area is 434 Å². The highest BCUT2D eigenvalue weighted by Gasteiger charge is 2.22. The van der Waals surface area contributed by atoms with E-state index in [0.29, 0.717) is 50.5 Å². The molecule has 0 aliphatic carbocycles. The monoisotopic (exact) mass is 883 g/mol. The lowest BCUT2D eigenvalue weighted by Gasteiger charge is -2.25. The fourth-order valence-electron chi connectivity index (χ4n) is 9.77. The molecule has 0 aliphatic rings. The first kappa shape index (κ1) is 47.1. The predicted octanol–water partition coefficient (Wildman–Crippen LogP) is 0.526. The van der Waals surface area contributed by atoms with Gasteiger partial charge in [0, 0.05) is 16.7 Å². The summed E-state index contributed by atoms with van der Waals surface area (Å²) in [5.74, 6) is 1.33. The molecule has 1 heterocycles. The van der Waals surface area contributed by atoms with Gasteiger partial charge in [-0.1, -0.05) is 166 Å². The number of hydrogen-bond donors (Lipinski definition) is 0. The molecule has 0 N–H and O–H groups in total. The summed E-state index contributed by atoms with van der Waals surface area (Å²) in [5.41, 5.74) is 10.7. The van der Waals surface area contributed by atoms with Crippen molar-refractivity contribution in [3.8, 4) is 78.7 Å². The third-order valence-corrected chi connectivity index (χ3v) is 13.6. The zero-order valence-electron chi connectivity index (χ0n) is 38.7. The first-order valence-corrected chi connectivity index (χ1v) is 22.8. The summed E-state index contributed by atoms with van der Waals surface area (Å²) in [6.07, 6.45) is 0. The van der Waals surface area contributed by atoms with Crippen molar-refractivity contribution >= 4 is 192 Å². The fourth-order valence-corrected chi connectivity index (χ4v) is 9.77. The molecule has 0 amide bonds. The molecule has 11 rings (SSSR count). The summed E-state index contributed by atoms with van der Waals surface area (Å²) >= 11 is 0. The van der Waals surface area contributed by atoms with Crippen molar-refractivity contribution in [1.29, 1.82) is 0 Å². The maximum Gasteiger partial charge on any atom is 0.164 e. The first-order valence-electron chi connectivity index (χ1n) is 22.8. The molecule has 0 spiro atoms. The molecule has 0 saturated heterocycles. The molecular weight excluding hydrogens is 856 g/mol. The maximum atomic E-state index is 6.72. The van der Waals surface area contributed by atoms with Crippen molar-refractivity contribution in [1.82, 2.24) is 15.0 Å². The second-order valence-corrected chi connectivity index (χ2v) is 17.7. The minimum Gasteiger partial charge on any atom is -0.208 e. The largest absolute Gasteiger partial charge is 0.208 e. The van der Waals surface area contributed by atoms with Gasteiger partial charge in [-0.3, -0.25) is 0 Å². The summed E-state index contributed by atoms with van der Waals surface area (Å²) in [4.78, 5) is 15.7. The van der Waals surface area contributed by atoms with Crippen LogP contribution in [0.2, 0.25) is 0 Å². The zero-order valence-corrected chi connectivity index (χ0v) is 38.7. The molecule has 1 aromatic heterocycles. The van der Waals surface area contributed by atoms with Crippen LogP contribution in [0.4, 0.5) is 0 Å². The summed E-state index contributed by atoms with van der Waals surface area (Å²) in [7, 11) is 77.5. The van der Waals surface area contributed by atoms with Gasteiger partial charge in [-0.15, -0.1) is 32.8 Å². The zero-order chi connectivity index (χ0) is 50.3. The highest BCUT2D eigenvalue weighted by atomic mass is 15.0. The average Bonchev–Trinajstić information content (AvgIpc) is 3.42. The lowest BCUT2D eigenvalue weighted by Crippen LogP contribution is -2.55. The summed E-state index contributed by atoms with van der Waals surface area (Å²) in [6, 6.07) is 50.4. The van der Waals surface area contributed by atoms with Crippen LogP contribution in [0.1, 0.15) is 0 Å². The van der Waals surface area contributed by atoms with Crippen molar-refractivity contribution in [3.05, 3.63) is 152 Å². The summed E-state index contributed by atoms with van der Waals surface area (Å²) in [5, 5.41) is 4.75. The fraction of sp³-hybridized carbons (Fsp3) is 0. The van der Waals surface area contributed by atoms with Crippen molar-refractivity contribution in [2.75, 3.05) is 0 Å². The van der Waals surface area contributed by atoms with Crippen molar-refractivity contribution < 1.29 is 0 Å². The lowest BCUT2D eigenvalue weighted by atomic mass is 9.59. The Morgan fingerprint density at radius 2 is 0.667 bits per heavy atom. The molecule has 24 radical (unpaired) electrons. The van der Waals surface area contributed by atoms with Gasteiger partial charge in [0.2, 0.25) is 0 Å². The smallest absolute Gasteiger partial charge is 0.164 e. The van der Waals surface area contributed by atoms with Gasteiger partial charge < -0.3 is 0 Å². The van der Waals surface area contributed by atoms with Gasteiger partial charge in [0.1, 0.15) is 94.2 Å². The van der Waals surface area contributed by atoms with E-state index in [0.717, 1.165) is 60.5 Å². The van der Waals surface area contributed by atoms with Gasteiger partial charge in [-0.2, -0.15) is 0 Å². The molecule has 11 aromatic rings. The number of aromatic nitrogens is 3. The van der Waals surface area contributed by atoms with Crippen molar-refractivity contribution in [2.45, 2.75) is 0 Å². The molecule has 0 atom stereocenters. The van der Waals surface area contributed by atoms with E-state index < -0.39 is 0 Å². The maximum absolute atomic E-state index is 6.72. The SMILES string of the molecule is [B]c1c([B])c([B])c(-c2ccc(-c3cccc(-c4nc(-c5ccc(-c6c([B])c([B])c([B])c7c([B])c([B])c([B])c([B])c67)cc5)nc(-c5cc6ccccc6cc5-c5ccccc5)n4)c3)c3ccccc23)c([B])c1[B]. The van der Waals surface area contributed by atoms with E-state index in [1.54, 1.807) is 0 Å². The van der Waals surface area contributed by atoms with Crippen LogP contribution in [0.5, 0.6) is 0 Å². The number of nitrogens with zero attached hydrogens (tertiary/aromatic N) is 3. The standard InChI is InChI=1S/C57H25B12N3/c58-43-39(41-42(47(62)49(43)64)48(63)53(68)52(67)46(41)61)27-17-19-28(20-18-27)55-70-56(72-57(71-55)38-25-30-12-5-4-11-29(30)24-37(38)26-9-2-1-3-10-26)32-14-8-13-31(23-32)33-21-22-36(35-16-7-6-15-34(33)35)40-44(59)50(65)54(69)51(66)45(40)60/h1-25H. The van der Waals surface area contributed by atoms with E-state index in [9.17, 15) is 0 Å². The van der Waals surface area contributed by atoms with Gasteiger partial charge in [-0.05, 0) is 95.0 Å². The third kappa shape index (κ3) is 7.75. The van der Waals surface area contributed by atoms with Crippen LogP contribution in [-0.4, -0.2) is 109 Å². The molecular formula is C57H25B12N3. The van der Waals surface area contributed by atoms with Crippen LogP contribution in [0.3, 0.4) is 0 Å². The average molecular weight is 882 g/mol. The van der Waals surface area contributed by atoms with Gasteiger partial charge in [0.25, 0.3) is 0 Å². The van der Waals surface area contributed by atoms with Gasteiger partial charge in [0.05, 0.1) is 0 Å². The Kier molecular flexibility index (Phi) is 12.1. The summed E-state index contributed by atoms with van der Waals surface area (Å²) in [6.45, 7) is 0. The Bertz CT molecular complexity index is 4030. The van der Waals surface area contributed by atoms with Crippen LogP contribution in [-0.2, 0) is 0 Å². The van der Waals surface area contributed by atoms with Crippen molar-refractivity contribution in [3.63, 3.8) is 0 Å². The molecule has 304 valence electrons. The van der Waals surface area contributed by atoms with E-state index >= 15 is 0 Å². The number of benzene rings is 10. The Balaban J connectivity index is 1.10. The van der Waals surface area contributed by atoms with Crippen LogP contribution in [0.15, 0.2) is 152 Å². The molecule has 0 fully saturated rings. The minimum absolute atomic E-state index is 0.111. The molecule has 0 aliphatic heterocycles. The molecule has 0 bridgehead atoms. The highest BCUT2D eigenvalue weighted by Crippen LogP contribution is 2.39. The Morgan fingerprint density at radius 1 is 0.236 bits per heavy atom. The van der Waals surface area contributed by atoms with Gasteiger partial charge >= 0.3 is 0 Å². The number of fused-ring (bicyclic) bond motifs is 3. The molecule has 72 heavy (non-hydrogen) atoms. The first-order chi connectivity index (χ1) is 34.7. The molecule has 15 heteroatoms. The Hall–Kier alpha value is -7.23. The van der Waals surface area contributed by atoms with E-state index in [4.69, 9.17) is 109 Å². The van der Waals surface area contributed by atoms with Crippen molar-refractivity contribution in [2.24, 2.45) is 0 Å². The minimum atomic E-state index is 0.111. The summed E-state index contributed by atoms with van der Waals surface area (Å²) < 4.78 is 0. The van der Waals surface area contributed by atoms with Crippen LogP contribution in [0, 0.1) is 0 Å². The molecule has 3 nitrogen and oxygen atoms in total. The number of rotatable bonds is 7. The lowest BCUT2D eigenvalue weighted by molar-refractivity contribution is 1.07. The predicted molar refractivity (Wildman–Crippen MR) is 315 cm³/mol. The van der Waals surface area contributed by atoms with E-state index in [1.165, 1.54) is 0 Å². The second-order valence-electron chi connectivity index (χ2n) is 17.7. The molecule has 10 aromatic carbocycles. The van der Waals surface area contributed by atoms with Gasteiger partial charge in [-0.25, -0.2) is 15.0 Å². The number of hydrogen-bond acceptors (Lipinski definition) is 3. The van der Waals surface area contributed by atoms with E-state index in [1.807, 2.05) is 109 Å².